The number of pyridine rings is 1. The van der Waals surface area contributed by atoms with E-state index in [1.54, 1.807) is 12.1 Å². The van der Waals surface area contributed by atoms with E-state index >= 15 is 0 Å². The normalized spacial score (nSPS) is 23.7. The Balaban J connectivity index is 2.17. The zero-order valence-corrected chi connectivity index (χ0v) is 9.50. The average Bonchev–Trinajstić information content (AvgIpc) is 2.50. The zero-order valence-electron chi connectivity index (χ0n) is 9.50. The van der Waals surface area contributed by atoms with E-state index in [0.717, 1.165) is 12.8 Å². The number of nitrogens with zero attached hydrogens (tertiary/aromatic N) is 2. The van der Waals surface area contributed by atoms with Crippen molar-refractivity contribution in [2.75, 3.05) is 0 Å². The fourth-order valence-corrected chi connectivity index (χ4v) is 2.30. The monoisotopic (exact) mass is 236 g/mol. The highest BCUT2D eigenvalue weighted by Crippen LogP contribution is 2.39. The van der Waals surface area contributed by atoms with Gasteiger partial charge in [0, 0.05) is 30.7 Å². The van der Waals surface area contributed by atoms with Crippen molar-refractivity contribution in [2.24, 2.45) is 0 Å². The van der Waals surface area contributed by atoms with Crippen LogP contribution in [0.2, 0.25) is 0 Å². The Labute approximate surface area is 99.3 Å². The lowest BCUT2D eigenvalue weighted by Gasteiger charge is -2.19. The van der Waals surface area contributed by atoms with Crippen molar-refractivity contribution in [3.63, 3.8) is 0 Å². The molecule has 0 aliphatic heterocycles. The first-order chi connectivity index (χ1) is 8.11. The third-order valence-electron chi connectivity index (χ3n) is 3.22. The Bertz CT molecular complexity index is 420. The smallest absolute Gasteiger partial charge is 0.248 e. The molecule has 1 aromatic heterocycles. The summed E-state index contributed by atoms with van der Waals surface area (Å²) in [7, 11) is 0. The molecule has 1 saturated carbocycles. The van der Waals surface area contributed by atoms with Gasteiger partial charge in [0.1, 0.15) is 6.07 Å². The van der Waals surface area contributed by atoms with Gasteiger partial charge in [0.25, 0.3) is 0 Å². The summed E-state index contributed by atoms with van der Waals surface area (Å²) in [6.45, 7) is 0. The minimum absolute atomic E-state index is 0.0141. The molecular weight excluding hydrogens is 222 g/mol. The highest BCUT2D eigenvalue weighted by Gasteiger charge is 2.35. The molecule has 17 heavy (non-hydrogen) atoms. The zero-order chi connectivity index (χ0) is 12.3. The van der Waals surface area contributed by atoms with Gasteiger partial charge in [-0.3, -0.25) is 4.98 Å². The van der Waals surface area contributed by atoms with E-state index in [1.165, 1.54) is 6.20 Å². The van der Waals surface area contributed by atoms with Crippen molar-refractivity contribution in [3.8, 4) is 6.07 Å². The van der Waals surface area contributed by atoms with Gasteiger partial charge in [0.05, 0.1) is 5.56 Å². The fourth-order valence-electron chi connectivity index (χ4n) is 2.30. The molecule has 4 heteroatoms. The summed E-state index contributed by atoms with van der Waals surface area (Å²) in [6.07, 6.45) is 3.49. The van der Waals surface area contributed by atoms with Crippen molar-refractivity contribution in [1.82, 2.24) is 4.98 Å². The topological polar surface area (TPSA) is 36.7 Å². The maximum Gasteiger partial charge on any atom is 0.248 e. The Morgan fingerprint density at radius 1 is 1.35 bits per heavy atom. The van der Waals surface area contributed by atoms with Crippen LogP contribution in [0.15, 0.2) is 18.3 Å². The van der Waals surface area contributed by atoms with Crippen LogP contribution in [-0.2, 0) is 0 Å². The Morgan fingerprint density at radius 3 is 2.82 bits per heavy atom. The minimum atomic E-state index is -2.57. The Hall–Kier alpha value is -1.50. The van der Waals surface area contributed by atoms with Gasteiger partial charge in [-0.2, -0.15) is 5.26 Å². The molecule has 1 aliphatic rings. The second-order valence-electron chi connectivity index (χ2n) is 4.59. The third kappa shape index (κ3) is 3.00. The van der Waals surface area contributed by atoms with Crippen LogP contribution in [-0.4, -0.2) is 10.9 Å². The molecule has 0 N–H and O–H groups in total. The van der Waals surface area contributed by atoms with Crippen molar-refractivity contribution in [3.05, 3.63) is 29.6 Å². The summed E-state index contributed by atoms with van der Waals surface area (Å²) in [6, 6.07) is 5.32. The van der Waals surface area contributed by atoms with Crippen molar-refractivity contribution in [1.29, 1.82) is 5.26 Å². The van der Waals surface area contributed by atoms with Crippen LogP contribution in [0.3, 0.4) is 0 Å². The first-order valence-corrected chi connectivity index (χ1v) is 5.85. The van der Waals surface area contributed by atoms with E-state index in [9.17, 15) is 8.78 Å². The molecule has 0 amide bonds. The molecular formula is C13H14F2N2. The average molecular weight is 236 g/mol. The van der Waals surface area contributed by atoms with Crippen LogP contribution >= 0.6 is 0 Å². The highest BCUT2D eigenvalue weighted by atomic mass is 19.3. The second-order valence-corrected chi connectivity index (χ2v) is 4.59. The van der Waals surface area contributed by atoms with Gasteiger partial charge in [0.15, 0.2) is 0 Å². The Morgan fingerprint density at radius 2 is 2.18 bits per heavy atom. The van der Waals surface area contributed by atoms with Gasteiger partial charge >= 0.3 is 0 Å². The maximum atomic E-state index is 13.5. The number of rotatable bonds is 1. The first-order valence-electron chi connectivity index (χ1n) is 5.85. The van der Waals surface area contributed by atoms with Crippen LogP contribution in [0.4, 0.5) is 8.78 Å². The molecule has 1 aromatic rings. The quantitative estimate of drug-likeness (QED) is 0.698. The molecule has 0 aromatic carbocycles. The lowest BCUT2D eigenvalue weighted by Crippen LogP contribution is -2.18. The second kappa shape index (κ2) is 4.79. The lowest BCUT2D eigenvalue weighted by molar-refractivity contribution is -0.0182. The third-order valence-corrected chi connectivity index (χ3v) is 3.22. The number of nitriles is 1. The van der Waals surface area contributed by atoms with Crippen LogP contribution in [0.25, 0.3) is 0 Å². The number of hydrogen-bond donors (Lipinski definition) is 0. The summed E-state index contributed by atoms with van der Waals surface area (Å²) in [5.41, 5.74) is 1.15. The lowest BCUT2D eigenvalue weighted by atomic mass is 9.94. The molecule has 0 bridgehead atoms. The Kier molecular flexibility index (Phi) is 3.37. The van der Waals surface area contributed by atoms with E-state index in [0.29, 0.717) is 17.7 Å². The van der Waals surface area contributed by atoms with Crippen LogP contribution in [0.5, 0.6) is 0 Å². The molecule has 0 radical (unpaired) electrons. The predicted octanol–water partition coefficient (Wildman–Crippen LogP) is 3.64. The fraction of sp³-hybridized carbons (Fsp3) is 0.538. The van der Waals surface area contributed by atoms with Crippen molar-refractivity contribution < 1.29 is 8.78 Å². The van der Waals surface area contributed by atoms with Crippen LogP contribution in [0, 0.1) is 11.3 Å². The van der Waals surface area contributed by atoms with Crippen LogP contribution in [0.1, 0.15) is 49.3 Å². The SMILES string of the molecule is N#Cc1ccc(C2CCCCC(F)(F)C2)nc1. The highest BCUT2D eigenvalue weighted by molar-refractivity contribution is 5.27. The van der Waals surface area contributed by atoms with E-state index in [-0.39, 0.29) is 18.8 Å². The number of halogens is 2. The van der Waals surface area contributed by atoms with Gasteiger partial charge in [-0.05, 0) is 25.0 Å². The van der Waals surface area contributed by atoms with Gasteiger partial charge in [-0.25, -0.2) is 8.78 Å². The standard InChI is InChI=1S/C13H14F2N2/c14-13(15)6-2-1-3-11(7-13)12-5-4-10(8-16)9-17-12/h4-5,9,11H,1-3,6-7H2. The summed E-state index contributed by atoms with van der Waals surface area (Å²) in [4.78, 5) is 4.12. The van der Waals surface area contributed by atoms with Gasteiger partial charge in [-0.1, -0.05) is 6.42 Å². The number of alkyl halides is 2. The van der Waals surface area contributed by atoms with Gasteiger partial charge in [0.2, 0.25) is 5.92 Å². The van der Waals surface area contributed by atoms with E-state index in [4.69, 9.17) is 5.26 Å². The molecule has 0 spiro atoms. The molecule has 2 nitrogen and oxygen atoms in total. The molecule has 0 saturated heterocycles. The van der Waals surface area contributed by atoms with Gasteiger partial charge in [-0.15, -0.1) is 0 Å². The molecule has 2 rings (SSSR count). The summed E-state index contributed by atoms with van der Waals surface area (Å²) in [5.74, 6) is -2.75. The molecule has 1 unspecified atom stereocenters. The summed E-state index contributed by atoms with van der Waals surface area (Å²) in [5, 5.41) is 8.66. The summed E-state index contributed by atoms with van der Waals surface area (Å²) >= 11 is 0. The van der Waals surface area contributed by atoms with E-state index in [2.05, 4.69) is 4.98 Å². The number of hydrogen-bond acceptors (Lipinski definition) is 2. The predicted molar refractivity (Wildman–Crippen MR) is 59.7 cm³/mol. The maximum absolute atomic E-state index is 13.5. The molecule has 1 aliphatic carbocycles. The molecule has 90 valence electrons. The first kappa shape index (κ1) is 12.0. The van der Waals surface area contributed by atoms with E-state index in [1.807, 2.05) is 6.07 Å². The largest absolute Gasteiger partial charge is 0.260 e. The number of aromatic nitrogens is 1. The van der Waals surface area contributed by atoms with Crippen LogP contribution < -0.4 is 0 Å². The van der Waals surface area contributed by atoms with E-state index < -0.39 is 5.92 Å². The van der Waals surface area contributed by atoms with Crippen molar-refractivity contribution in [2.45, 2.75) is 43.9 Å². The minimum Gasteiger partial charge on any atom is -0.260 e. The molecule has 1 fully saturated rings. The molecule has 1 atom stereocenters. The van der Waals surface area contributed by atoms with Crippen molar-refractivity contribution >= 4 is 0 Å². The molecule has 1 heterocycles. The summed E-state index contributed by atoms with van der Waals surface area (Å²) < 4.78 is 26.9. The van der Waals surface area contributed by atoms with Gasteiger partial charge < -0.3 is 0 Å².